The first-order valence-electron chi connectivity index (χ1n) is 6.48. The molecule has 0 spiro atoms. The molecule has 20 heavy (non-hydrogen) atoms. The number of nitrogens with zero attached hydrogens (tertiary/aromatic N) is 1. The summed E-state index contributed by atoms with van der Waals surface area (Å²) in [6.45, 7) is 3.10. The Hall–Kier alpha value is -2.00. The van der Waals surface area contributed by atoms with Gasteiger partial charge >= 0.3 is 0 Å². The van der Waals surface area contributed by atoms with Gasteiger partial charge in [0.25, 0.3) is 5.91 Å². The van der Waals surface area contributed by atoms with E-state index in [1.807, 2.05) is 42.2 Å². The summed E-state index contributed by atoms with van der Waals surface area (Å²) in [6, 6.07) is 11.2. The Morgan fingerprint density at radius 3 is 2.75 bits per heavy atom. The third-order valence-corrected chi connectivity index (χ3v) is 4.15. The Balaban J connectivity index is 1.89. The smallest absolute Gasteiger partial charge is 0.254 e. The van der Waals surface area contributed by atoms with Crippen LogP contribution in [-0.4, -0.2) is 10.8 Å². The summed E-state index contributed by atoms with van der Waals surface area (Å²) in [7, 11) is 0. The van der Waals surface area contributed by atoms with E-state index in [1.54, 1.807) is 6.07 Å². The fourth-order valence-corrected chi connectivity index (χ4v) is 2.74. The van der Waals surface area contributed by atoms with Gasteiger partial charge in [-0.15, -0.1) is 0 Å². The van der Waals surface area contributed by atoms with E-state index in [0.29, 0.717) is 23.7 Å². The maximum atomic E-state index is 12.6. The zero-order valence-electron chi connectivity index (χ0n) is 11.2. The summed E-state index contributed by atoms with van der Waals surface area (Å²) in [6.07, 6.45) is 0. The van der Waals surface area contributed by atoms with Gasteiger partial charge in [-0.25, -0.2) is 0 Å². The van der Waals surface area contributed by atoms with Crippen LogP contribution >= 0.6 is 11.6 Å². The number of anilines is 1. The SMILES string of the molecule is Cc1c(Cl)cccc1C(=O)N1Cc2ccc(N)cc2C1. The quantitative estimate of drug-likeness (QED) is 0.817. The normalized spacial score (nSPS) is 13.4. The van der Waals surface area contributed by atoms with Gasteiger partial charge in [-0.2, -0.15) is 0 Å². The van der Waals surface area contributed by atoms with Crippen LogP contribution in [-0.2, 0) is 13.1 Å². The summed E-state index contributed by atoms with van der Waals surface area (Å²) in [5, 5.41) is 0.622. The molecule has 2 aromatic carbocycles. The molecule has 102 valence electrons. The first-order chi connectivity index (χ1) is 9.56. The third kappa shape index (κ3) is 2.14. The molecule has 0 unspecified atom stereocenters. The van der Waals surface area contributed by atoms with Crippen LogP contribution in [0.15, 0.2) is 36.4 Å². The van der Waals surface area contributed by atoms with Crippen molar-refractivity contribution in [3.05, 3.63) is 63.7 Å². The number of rotatable bonds is 1. The summed E-state index contributed by atoms with van der Waals surface area (Å²) < 4.78 is 0. The van der Waals surface area contributed by atoms with Gasteiger partial charge in [0.1, 0.15) is 0 Å². The molecule has 0 fully saturated rings. The highest BCUT2D eigenvalue weighted by atomic mass is 35.5. The lowest BCUT2D eigenvalue weighted by molar-refractivity contribution is 0.0750. The van der Waals surface area contributed by atoms with Gasteiger partial charge in [-0.1, -0.05) is 23.7 Å². The predicted octanol–water partition coefficient (Wildman–Crippen LogP) is 3.39. The average molecular weight is 287 g/mol. The van der Waals surface area contributed by atoms with E-state index in [1.165, 1.54) is 0 Å². The fraction of sp³-hybridized carbons (Fsp3) is 0.188. The number of halogens is 1. The number of nitrogen functional groups attached to an aromatic ring is 1. The number of benzene rings is 2. The molecule has 0 saturated carbocycles. The Labute approximate surface area is 123 Å². The summed E-state index contributed by atoms with van der Waals surface area (Å²) in [4.78, 5) is 14.4. The molecule has 4 heteroatoms. The average Bonchev–Trinajstić information content (AvgIpc) is 2.84. The first kappa shape index (κ1) is 13.0. The number of fused-ring (bicyclic) bond motifs is 1. The Morgan fingerprint density at radius 1 is 1.20 bits per heavy atom. The second kappa shape index (κ2) is 4.84. The molecule has 2 aromatic rings. The molecule has 3 nitrogen and oxygen atoms in total. The van der Waals surface area contributed by atoms with E-state index in [4.69, 9.17) is 17.3 Å². The molecule has 1 aliphatic rings. The van der Waals surface area contributed by atoms with Crippen molar-refractivity contribution in [3.63, 3.8) is 0 Å². The lowest BCUT2D eigenvalue weighted by Crippen LogP contribution is -2.26. The molecular weight excluding hydrogens is 272 g/mol. The molecule has 1 amide bonds. The minimum absolute atomic E-state index is 0.0137. The molecule has 0 atom stereocenters. The molecule has 3 rings (SSSR count). The Kier molecular flexibility index (Phi) is 3.14. The van der Waals surface area contributed by atoms with Crippen molar-refractivity contribution in [2.45, 2.75) is 20.0 Å². The highest BCUT2D eigenvalue weighted by molar-refractivity contribution is 6.31. The standard InChI is InChI=1S/C16H15ClN2O/c1-10-14(3-2-4-15(10)17)16(20)19-8-11-5-6-13(18)7-12(11)9-19/h2-7H,8-9,18H2,1H3. The molecule has 0 saturated heterocycles. The van der Waals surface area contributed by atoms with E-state index in [2.05, 4.69) is 0 Å². The molecule has 1 aliphatic heterocycles. The summed E-state index contributed by atoms with van der Waals surface area (Å²) in [5.74, 6) is 0.0137. The van der Waals surface area contributed by atoms with Crippen molar-refractivity contribution in [2.24, 2.45) is 0 Å². The minimum atomic E-state index is 0.0137. The Morgan fingerprint density at radius 2 is 1.95 bits per heavy atom. The number of carbonyl (C=O) groups excluding carboxylic acids is 1. The van der Waals surface area contributed by atoms with Gasteiger partial charge in [0.15, 0.2) is 0 Å². The number of carbonyl (C=O) groups is 1. The number of hydrogen-bond acceptors (Lipinski definition) is 2. The van der Waals surface area contributed by atoms with E-state index in [-0.39, 0.29) is 5.91 Å². The monoisotopic (exact) mass is 286 g/mol. The predicted molar refractivity (Wildman–Crippen MR) is 80.6 cm³/mol. The summed E-state index contributed by atoms with van der Waals surface area (Å²) in [5.41, 5.74) is 10.3. The topological polar surface area (TPSA) is 46.3 Å². The van der Waals surface area contributed by atoms with E-state index < -0.39 is 0 Å². The van der Waals surface area contributed by atoms with Gasteiger partial charge in [-0.3, -0.25) is 4.79 Å². The molecular formula is C16H15ClN2O. The lowest BCUT2D eigenvalue weighted by Gasteiger charge is -2.17. The maximum Gasteiger partial charge on any atom is 0.254 e. The lowest BCUT2D eigenvalue weighted by atomic mass is 10.1. The fourth-order valence-electron chi connectivity index (χ4n) is 2.57. The van der Waals surface area contributed by atoms with Gasteiger partial charge in [0.2, 0.25) is 0 Å². The zero-order valence-corrected chi connectivity index (χ0v) is 11.9. The number of nitrogens with two attached hydrogens (primary N) is 1. The first-order valence-corrected chi connectivity index (χ1v) is 6.85. The van der Waals surface area contributed by atoms with Crippen molar-refractivity contribution in [2.75, 3.05) is 5.73 Å². The second-order valence-electron chi connectivity index (χ2n) is 5.10. The van der Waals surface area contributed by atoms with Crippen molar-refractivity contribution in [1.29, 1.82) is 0 Å². The van der Waals surface area contributed by atoms with Crippen LogP contribution in [0.5, 0.6) is 0 Å². The molecule has 1 heterocycles. The highest BCUT2D eigenvalue weighted by Gasteiger charge is 2.25. The van der Waals surface area contributed by atoms with E-state index in [0.717, 1.165) is 22.4 Å². The number of hydrogen-bond donors (Lipinski definition) is 1. The maximum absolute atomic E-state index is 12.6. The van der Waals surface area contributed by atoms with E-state index in [9.17, 15) is 4.79 Å². The molecule has 0 radical (unpaired) electrons. The van der Waals surface area contributed by atoms with Crippen molar-refractivity contribution >= 4 is 23.2 Å². The second-order valence-corrected chi connectivity index (χ2v) is 5.51. The van der Waals surface area contributed by atoms with Gasteiger partial charge in [0, 0.05) is 29.4 Å². The minimum Gasteiger partial charge on any atom is -0.399 e. The van der Waals surface area contributed by atoms with Crippen LogP contribution < -0.4 is 5.73 Å². The zero-order chi connectivity index (χ0) is 14.3. The van der Waals surface area contributed by atoms with Gasteiger partial charge in [0.05, 0.1) is 0 Å². The van der Waals surface area contributed by atoms with Crippen molar-refractivity contribution in [3.8, 4) is 0 Å². The van der Waals surface area contributed by atoms with Crippen LogP contribution in [0.2, 0.25) is 5.02 Å². The van der Waals surface area contributed by atoms with E-state index >= 15 is 0 Å². The van der Waals surface area contributed by atoms with Crippen molar-refractivity contribution < 1.29 is 4.79 Å². The van der Waals surface area contributed by atoms with Crippen LogP contribution in [0.3, 0.4) is 0 Å². The van der Waals surface area contributed by atoms with Crippen LogP contribution in [0, 0.1) is 6.92 Å². The molecule has 0 aromatic heterocycles. The van der Waals surface area contributed by atoms with Gasteiger partial charge in [-0.05, 0) is 47.9 Å². The highest BCUT2D eigenvalue weighted by Crippen LogP contribution is 2.28. The third-order valence-electron chi connectivity index (χ3n) is 3.74. The van der Waals surface area contributed by atoms with Crippen LogP contribution in [0.25, 0.3) is 0 Å². The Bertz CT molecular complexity index is 697. The van der Waals surface area contributed by atoms with Crippen molar-refractivity contribution in [1.82, 2.24) is 4.90 Å². The number of amides is 1. The van der Waals surface area contributed by atoms with Crippen LogP contribution in [0.4, 0.5) is 5.69 Å². The molecule has 2 N–H and O–H groups in total. The summed E-state index contributed by atoms with van der Waals surface area (Å²) >= 11 is 6.09. The largest absolute Gasteiger partial charge is 0.399 e. The van der Waals surface area contributed by atoms with Gasteiger partial charge < -0.3 is 10.6 Å². The van der Waals surface area contributed by atoms with Crippen LogP contribution in [0.1, 0.15) is 27.0 Å². The molecule has 0 bridgehead atoms. The molecule has 0 aliphatic carbocycles.